The molecule has 1 amide bonds. The Morgan fingerprint density at radius 3 is 2.40 bits per heavy atom. The average Bonchev–Trinajstić information content (AvgIpc) is 3.32. The first-order valence-corrected chi connectivity index (χ1v) is 15.0. The number of sulfone groups is 1. The van der Waals surface area contributed by atoms with Crippen LogP contribution in [0, 0.1) is 0 Å². The predicted octanol–water partition coefficient (Wildman–Crippen LogP) is 5.48. The number of rotatable bonds is 6. The Kier molecular flexibility index (Phi) is 8.04. The molecule has 0 radical (unpaired) electrons. The number of alkyl halides is 3. The van der Waals surface area contributed by atoms with Crippen molar-refractivity contribution in [3.63, 3.8) is 0 Å². The molecular weight excluding hydrogens is 571 g/mol. The van der Waals surface area contributed by atoms with Crippen LogP contribution in [0.3, 0.4) is 0 Å². The molecule has 0 N–H and O–H groups in total. The Bertz CT molecular complexity index is 1700. The summed E-state index contributed by atoms with van der Waals surface area (Å²) in [6.07, 6.45) is -1.63. The van der Waals surface area contributed by atoms with E-state index < -0.39 is 32.8 Å². The van der Waals surface area contributed by atoms with Crippen LogP contribution < -0.4 is 0 Å². The van der Waals surface area contributed by atoms with Gasteiger partial charge in [-0.25, -0.2) is 28.2 Å². The number of benzene rings is 2. The maximum Gasteiger partial charge on any atom is 0.416 e. The lowest BCUT2D eigenvalue weighted by atomic mass is 9.96. The van der Waals surface area contributed by atoms with E-state index in [1.807, 2.05) is 30.3 Å². The zero-order valence-electron chi connectivity index (χ0n) is 22.9. The van der Waals surface area contributed by atoms with Gasteiger partial charge in [-0.3, -0.25) is 0 Å². The highest BCUT2D eigenvalue weighted by Gasteiger charge is 2.33. The molecule has 0 aliphatic carbocycles. The van der Waals surface area contributed by atoms with Crippen LogP contribution in [0.15, 0.2) is 72.0 Å². The van der Waals surface area contributed by atoms with Crippen molar-refractivity contribution in [2.45, 2.75) is 36.7 Å². The van der Waals surface area contributed by atoms with Gasteiger partial charge in [-0.2, -0.15) is 13.2 Å². The van der Waals surface area contributed by atoms with Crippen LogP contribution in [0.1, 0.15) is 35.7 Å². The van der Waals surface area contributed by atoms with Crippen LogP contribution in [-0.4, -0.2) is 58.3 Å². The second-order valence-electron chi connectivity index (χ2n) is 10.1. The topological polar surface area (TPSA) is 107 Å². The third-order valence-electron chi connectivity index (χ3n) is 7.12. The number of hydrogen-bond donors (Lipinski definition) is 0. The number of carbonyl (C=O) groups is 1. The number of piperidine rings is 1. The van der Waals surface area contributed by atoms with Crippen LogP contribution >= 0.6 is 0 Å². The van der Waals surface area contributed by atoms with E-state index in [4.69, 9.17) is 9.72 Å². The molecule has 42 heavy (non-hydrogen) atoms. The van der Waals surface area contributed by atoms with Crippen LogP contribution in [0.2, 0.25) is 0 Å². The van der Waals surface area contributed by atoms with E-state index in [-0.39, 0.29) is 29.5 Å². The van der Waals surface area contributed by atoms with Gasteiger partial charge in [0.1, 0.15) is 18.1 Å². The Labute approximate surface area is 240 Å². The number of hydrogen-bond acceptors (Lipinski definition) is 7. The maximum atomic E-state index is 13.6. The number of likely N-dealkylation sites (tertiary alicyclic amines) is 1. The summed E-state index contributed by atoms with van der Waals surface area (Å²) in [5, 5.41) is -0.412. The van der Waals surface area contributed by atoms with Gasteiger partial charge in [-0.1, -0.05) is 42.5 Å². The van der Waals surface area contributed by atoms with Crippen LogP contribution in [0.25, 0.3) is 22.6 Å². The normalized spacial score (nSPS) is 14.6. The van der Waals surface area contributed by atoms with Crippen LogP contribution in [-0.2, 0) is 34.4 Å². The first-order valence-electron chi connectivity index (χ1n) is 13.1. The Balaban J connectivity index is 1.45. The van der Waals surface area contributed by atoms with E-state index in [1.165, 1.54) is 18.3 Å². The van der Waals surface area contributed by atoms with Crippen molar-refractivity contribution >= 4 is 15.9 Å². The minimum Gasteiger partial charge on any atom is -0.445 e. The lowest BCUT2D eigenvalue weighted by Gasteiger charge is -2.31. The van der Waals surface area contributed by atoms with Gasteiger partial charge in [0.05, 0.1) is 17.0 Å². The van der Waals surface area contributed by atoms with Crippen LogP contribution in [0.5, 0.6) is 0 Å². The first-order chi connectivity index (χ1) is 19.9. The Hall–Kier alpha value is -4.26. The summed E-state index contributed by atoms with van der Waals surface area (Å²) in [6.45, 7) is 0.979. The summed E-state index contributed by atoms with van der Waals surface area (Å²) in [4.78, 5) is 27.1. The summed E-state index contributed by atoms with van der Waals surface area (Å²) in [7, 11) is -2.04. The molecule has 220 valence electrons. The van der Waals surface area contributed by atoms with Crippen LogP contribution in [0.4, 0.5) is 18.0 Å². The molecule has 0 unspecified atom stereocenters. The molecule has 9 nitrogen and oxygen atoms in total. The van der Waals surface area contributed by atoms with Crippen molar-refractivity contribution in [2.75, 3.05) is 19.3 Å². The van der Waals surface area contributed by atoms with Crippen molar-refractivity contribution < 1.29 is 31.1 Å². The predicted molar refractivity (Wildman–Crippen MR) is 148 cm³/mol. The van der Waals surface area contributed by atoms with E-state index in [0.717, 1.165) is 24.0 Å². The van der Waals surface area contributed by atoms with Gasteiger partial charge >= 0.3 is 12.3 Å². The van der Waals surface area contributed by atoms with Crippen molar-refractivity contribution in [3.8, 4) is 22.6 Å². The molecule has 2 aromatic carbocycles. The lowest BCUT2D eigenvalue weighted by Crippen LogP contribution is -2.38. The van der Waals surface area contributed by atoms with Crippen molar-refractivity contribution in [3.05, 3.63) is 83.8 Å². The summed E-state index contributed by atoms with van der Waals surface area (Å²) >= 11 is 0. The van der Waals surface area contributed by atoms with E-state index in [2.05, 4.69) is 9.97 Å². The number of imidazole rings is 1. The number of amides is 1. The van der Waals surface area contributed by atoms with Gasteiger partial charge in [-0.05, 0) is 36.6 Å². The average molecular weight is 600 g/mol. The summed E-state index contributed by atoms with van der Waals surface area (Å²) in [5.41, 5.74) is 1.08. The second kappa shape index (κ2) is 11.6. The molecule has 4 aromatic rings. The third kappa shape index (κ3) is 6.30. The summed E-state index contributed by atoms with van der Waals surface area (Å²) < 4.78 is 72.2. The monoisotopic (exact) mass is 599 g/mol. The first kappa shape index (κ1) is 29.2. The molecule has 1 aliphatic heterocycles. The SMILES string of the molecule is Cn1c(C2CCN(C(=O)OCc3ccccc3)CC2)nc(-c2ccnc(S(C)(=O)=O)n2)c1-c1cccc(C(F)(F)F)c1. The van der Waals surface area contributed by atoms with Crippen molar-refractivity contribution in [1.29, 1.82) is 0 Å². The largest absolute Gasteiger partial charge is 0.445 e. The molecule has 13 heteroatoms. The van der Waals surface area contributed by atoms with E-state index >= 15 is 0 Å². The van der Waals surface area contributed by atoms with Crippen molar-refractivity contribution in [1.82, 2.24) is 24.4 Å². The lowest BCUT2D eigenvalue weighted by molar-refractivity contribution is -0.137. The zero-order chi connectivity index (χ0) is 30.1. The highest BCUT2D eigenvalue weighted by Crippen LogP contribution is 2.39. The minimum absolute atomic E-state index is 0.123. The highest BCUT2D eigenvalue weighted by molar-refractivity contribution is 7.90. The Morgan fingerprint density at radius 1 is 1.02 bits per heavy atom. The number of carbonyl (C=O) groups excluding carboxylic acids is 1. The Morgan fingerprint density at radius 2 is 1.74 bits per heavy atom. The van der Waals surface area contributed by atoms with E-state index in [0.29, 0.717) is 37.4 Å². The highest BCUT2D eigenvalue weighted by atomic mass is 32.2. The number of halogens is 3. The number of aromatic nitrogens is 4. The molecule has 0 saturated carbocycles. The van der Waals surface area contributed by atoms with E-state index in [1.54, 1.807) is 22.6 Å². The quantitative estimate of drug-likeness (QED) is 0.270. The fraction of sp³-hybridized carbons (Fsp3) is 0.310. The molecule has 1 fully saturated rings. The molecule has 1 aliphatic rings. The molecule has 5 rings (SSSR count). The molecule has 2 aromatic heterocycles. The molecule has 1 saturated heterocycles. The summed E-state index contributed by atoms with van der Waals surface area (Å²) in [5.74, 6) is 0.469. The van der Waals surface area contributed by atoms with Crippen molar-refractivity contribution in [2.24, 2.45) is 7.05 Å². The standard InChI is InChI=1S/C29H28F3N5O4S/c1-36-25(21-9-6-10-22(17-21)29(30,31)32)24(23-11-14-33-27(34-23)42(2,39)40)35-26(36)20-12-15-37(16-13-20)28(38)41-18-19-7-4-3-5-8-19/h3-11,14,17,20H,12-13,15-16,18H2,1-2H3. The molecule has 0 atom stereocenters. The summed E-state index contributed by atoms with van der Waals surface area (Å²) in [6, 6.07) is 15.7. The van der Waals surface area contributed by atoms with Gasteiger partial charge in [0.2, 0.25) is 15.0 Å². The van der Waals surface area contributed by atoms with Gasteiger partial charge in [0.15, 0.2) is 0 Å². The molecular formula is C29H28F3N5O4S. The fourth-order valence-electron chi connectivity index (χ4n) is 5.02. The van der Waals surface area contributed by atoms with Gasteiger partial charge in [0, 0.05) is 44.1 Å². The third-order valence-corrected chi connectivity index (χ3v) is 7.98. The number of ether oxygens (including phenoxy) is 1. The zero-order valence-corrected chi connectivity index (χ0v) is 23.7. The van der Waals surface area contributed by atoms with Gasteiger partial charge in [0.25, 0.3) is 0 Å². The minimum atomic E-state index is -4.56. The number of nitrogens with zero attached hydrogens (tertiary/aromatic N) is 5. The molecule has 3 heterocycles. The second-order valence-corrected chi connectivity index (χ2v) is 12.0. The molecule has 0 spiro atoms. The van der Waals surface area contributed by atoms with E-state index in [9.17, 15) is 26.4 Å². The maximum absolute atomic E-state index is 13.6. The van der Waals surface area contributed by atoms with Gasteiger partial charge < -0.3 is 14.2 Å². The smallest absolute Gasteiger partial charge is 0.416 e. The fourth-order valence-corrected chi connectivity index (χ4v) is 5.53. The van der Waals surface area contributed by atoms with Gasteiger partial charge in [-0.15, -0.1) is 0 Å². The molecule has 0 bridgehead atoms.